The predicted octanol–water partition coefficient (Wildman–Crippen LogP) is 3.42. The maximum atomic E-state index is 12.4. The largest absolute Gasteiger partial charge is 0.345 e. The number of amides is 1. The first-order valence-corrected chi connectivity index (χ1v) is 8.54. The van der Waals surface area contributed by atoms with Crippen LogP contribution in [0, 0.1) is 6.92 Å². The molecule has 26 heavy (non-hydrogen) atoms. The quantitative estimate of drug-likeness (QED) is 0.714. The number of pyridine rings is 1. The number of aromatic nitrogens is 3. The molecule has 3 rings (SSSR count). The average molecular weight is 347 g/mol. The van der Waals surface area contributed by atoms with E-state index in [-0.39, 0.29) is 5.91 Å². The van der Waals surface area contributed by atoms with Crippen LogP contribution in [0.3, 0.4) is 0 Å². The summed E-state index contributed by atoms with van der Waals surface area (Å²) in [5.74, 6) is 0.155. The molecule has 0 saturated heterocycles. The maximum absolute atomic E-state index is 12.4. The van der Waals surface area contributed by atoms with Gasteiger partial charge in [-0.3, -0.25) is 9.78 Å². The molecule has 0 radical (unpaired) electrons. The fraction of sp³-hybridized carbons (Fsp3) is 0.200. The van der Waals surface area contributed by atoms with Gasteiger partial charge in [-0.15, -0.1) is 0 Å². The molecule has 6 heteroatoms. The van der Waals surface area contributed by atoms with Crippen molar-refractivity contribution in [1.29, 1.82) is 0 Å². The summed E-state index contributed by atoms with van der Waals surface area (Å²) in [4.78, 5) is 25.4. The van der Waals surface area contributed by atoms with Crippen LogP contribution in [0.5, 0.6) is 0 Å². The molecule has 1 aromatic carbocycles. The average Bonchev–Trinajstić information content (AvgIpc) is 2.67. The van der Waals surface area contributed by atoms with Crippen LogP contribution in [0.25, 0.3) is 0 Å². The van der Waals surface area contributed by atoms with Gasteiger partial charge in [-0.1, -0.05) is 31.2 Å². The Morgan fingerprint density at radius 2 is 1.88 bits per heavy atom. The monoisotopic (exact) mass is 347 g/mol. The summed E-state index contributed by atoms with van der Waals surface area (Å²) >= 11 is 0. The van der Waals surface area contributed by atoms with E-state index in [2.05, 4.69) is 38.6 Å². The van der Waals surface area contributed by atoms with E-state index in [1.165, 1.54) is 5.56 Å². The number of hydrogen-bond donors (Lipinski definition) is 2. The number of anilines is 2. The molecule has 0 aliphatic heterocycles. The van der Waals surface area contributed by atoms with Crippen molar-refractivity contribution >= 4 is 17.5 Å². The van der Waals surface area contributed by atoms with Crippen molar-refractivity contribution in [1.82, 2.24) is 20.3 Å². The van der Waals surface area contributed by atoms with Crippen LogP contribution >= 0.6 is 0 Å². The summed E-state index contributed by atoms with van der Waals surface area (Å²) in [5.41, 5.74) is 3.95. The molecule has 0 atom stereocenters. The molecular formula is C20H21N5O. The van der Waals surface area contributed by atoms with E-state index in [4.69, 9.17) is 0 Å². The summed E-state index contributed by atoms with van der Waals surface area (Å²) in [6, 6.07) is 15.2. The zero-order valence-corrected chi connectivity index (χ0v) is 14.9. The van der Waals surface area contributed by atoms with Crippen LogP contribution in [0.15, 0.2) is 54.7 Å². The number of para-hydroxylation sites is 1. The summed E-state index contributed by atoms with van der Waals surface area (Å²) in [7, 11) is 0. The van der Waals surface area contributed by atoms with E-state index in [1.54, 1.807) is 12.3 Å². The second-order valence-corrected chi connectivity index (χ2v) is 5.86. The Balaban J connectivity index is 1.75. The summed E-state index contributed by atoms with van der Waals surface area (Å²) < 4.78 is 0. The normalized spacial score (nSPS) is 10.4. The van der Waals surface area contributed by atoms with Gasteiger partial charge in [0.2, 0.25) is 5.95 Å². The second kappa shape index (κ2) is 8.20. The van der Waals surface area contributed by atoms with Gasteiger partial charge in [0.15, 0.2) is 0 Å². The van der Waals surface area contributed by atoms with E-state index in [9.17, 15) is 4.79 Å². The van der Waals surface area contributed by atoms with E-state index < -0.39 is 0 Å². The van der Waals surface area contributed by atoms with Crippen molar-refractivity contribution in [2.45, 2.75) is 26.8 Å². The third kappa shape index (κ3) is 4.42. The second-order valence-electron chi connectivity index (χ2n) is 5.86. The molecule has 2 N–H and O–H groups in total. The van der Waals surface area contributed by atoms with Crippen molar-refractivity contribution in [3.63, 3.8) is 0 Å². The summed E-state index contributed by atoms with van der Waals surface area (Å²) in [6.07, 6.45) is 2.59. The highest BCUT2D eigenvalue weighted by Gasteiger charge is 2.11. The van der Waals surface area contributed by atoms with Gasteiger partial charge in [-0.2, -0.15) is 0 Å². The Hall–Kier alpha value is -3.28. The van der Waals surface area contributed by atoms with Crippen molar-refractivity contribution in [2.75, 3.05) is 5.32 Å². The Morgan fingerprint density at radius 1 is 1.08 bits per heavy atom. The van der Waals surface area contributed by atoms with Crippen molar-refractivity contribution in [3.05, 3.63) is 77.4 Å². The molecule has 0 aliphatic carbocycles. The van der Waals surface area contributed by atoms with Crippen molar-refractivity contribution in [2.24, 2.45) is 0 Å². The number of benzene rings is 1. The fourth-order valence-electron chi connectivity index (χ4n) is 2.58. The summed E-state index contributed by atoms with van der Waals surface area (Å²) in [6.45, 7) is 4.28. The third-order valence-corrected chi connectivity index (χ3v) is 3.89. The molecule has 1 amide bonds. The molecule has 0 fully saturated rings. The van der Waals surface area contributed by atoms with Crippen molar-refractivity contribution in [3.8, 4) is 0 Å². The Kier molecular flexibility index (Phi) is 5.53. The lowest BCUT2D eigenvalue weighted by atomic mass is 10.1. The minimum absolute atomic E-state index is 0.257. The highest BCUT2D eigenvalue weighted by Crippen LogP contribution is 2.19. The molecule has 2 aromatic heterocycles. The Labute approximate surface area is 152 Å². The Morgan fingerprint density at radius 3 is 2.65 bits per heavy atom. The van der Waals surface area contributed by atoms with Gasteiger partial charge < -0.3 is 10.6 Å². The van der Waals surface area contributed by atoms with E-state index in [0.717, 1.165) is 23.5 Å². The number of carbonyl (C=O) groups excluding carboxylic acids is 1. The zero-order valence-electron chi connectivity index (χ0n) is 14.9. The first-order valence-electron chi connectivity index (χ1n) is 8.54. The zero-order chi connectivity index (χ0) is 18.4. The van der Waals surface area contributed by atoms with Crippen molar-refractivity contribution < 1.29 is 4.79 Å². The van der Waals surface area contributed by atoms with Crippen LogP contribution in [-0.4, -0.2) is 20.9 Å². The minimum Gasteiger partial charge on any atom is -0.345 e. The number of nitrogens with zero attached hydrogens (tertiary/aromatic N) is 3. The lowest BCUT2D eigenvalue weighted by molar-refractivity contribution is 0.0945. The molecule has 3 aromatic rings. The molecule has 0 bridgehead atoms. The topological polar surface area (TPSA) is 79.8 Å². The number of hydrogen-bond acceptors (Lipinski definition) is 5. The molecule has 0 spiro atoms. The number of carbonyl (C=O) groups is 1. The van der Waals surface area contributed by atoms with Gasteiger partial charge in [-0.25, -0.2) is 9.97 Å². The van der Waals surface area contributed by atoms with E-state index >= 15 is 0 Å². The lowest BCUT2D eigenvalue weighted by Crippen LogP contribution is -2.24. The molecule has 132 valence electrons. The third-order valence-electron chi connectivity index (χ3n) is 3.89. The number of aryl methyl sites for hydroxylation is 2. The lowest BCUT2D eigenvalue weighted by Gasteiger charge is -2.11. The van der Waals surface area contributed by atoms with Gasteiger partial charge >= 0.3 is 0 Å². The van der Waals surface area contributed by atoms with Gasteiger partial charge in [0, 0.05) is 17.6 Å². The highest BCUT2D eigenvalue weighted by molar-refractivity contribution is 5.92. The maximum Gasteiger partial charge on any atom is 0.270 e. The van der Waals surface area contributed by atoms with Crippen LogP contribution in [0.1, 0.15) is 34.4 Å². The minimum atomic E-state index is -0.257. The SMILES string of the molecule is CCc1ccccc1Nc1nc(C)cc(C(=O)NCc2ccccn2)n1. The van der Waals surface area contributed by atoms with E-state index in [0.29, 0.717) is 18.2 Å². The van der Waals surface area contributed by atoms with Crippen LogP contribution in [0.2, 0.25) is 0 Å². The number of nitrogens with one attached hydrogen (secondary N) is 2. The van der Waals surface area contributed by atoms with Gasteiger partial charge in [0.1, 0.15) is 5.69 Å². The molecule has 0 aliphatic rings. The first kappa shape index (κ1) is 17.5. The van der Waals surface area contributed by atoms with Gasteiger partial charge in [-0.05, 0) is 43.2 Å². The fourth-order valence-corrected chi connectivity index (χ4v) is 2.58. The number of rotatable bonds is 6. The van der Waals surface area contributed by atoms with Gasteiger partial charge in [0.25, 0.3) is 5.91 Å². The molecular weight excluding hydrogens is 326 g/mol. The highest BCUT2D eigenvalue weighted by atomic mass is 16.1. The van der Waals surface area contributed by atoms with Crippen LogP contribution in [-0.2, 0) is 13.0 Å². The van der Waals surface area contributed by atoms with Crippen LogP contribution in [0.4, 0.5) is 11.6 Å². The van der Waals surface area contributed by atoms with Crippen LogP contribution < -0.4 is 10.6 Å². The smallest absolute Gasteiger partial charge is 0.270 e. The standard InChI is InChI=1S/C20H21N5O/c1-3-15-8-4-5-10-17(15)24-20-23-14(2)12-18(25-20)19(26)22-13-16-9-6-7-11-21-16/h4-12H,3,13H2,1-2H3,(H,22,26)(H,23,24,25). The molecule has 0 saturated carbocycles. The first-order chi connectivity index (χ1) is 12.7. The Bertz CT molecular complexity index is 896. The predicted molar refractivity (Wildman–Crippen MR) is 101 cm³/mol. The molecule has 0 unspecified atom stereocenters. The van der Waals surface area contributed by atoms with Gasteiger partial charge in [0.05, 0.1) is 12.2 Å². The molecule has 2 heterocycles. The molecule has 6 nitrogen and oxygen atoms in total. The summed E-state index contributed by atoms with van der Waals surface area (Å²) in [5, 5.41) is 6.06. The van der Waals surface area contributed by atoms with E-state index in [1.807, 2.05) is 43.3 Å².